The van der Waals surface area contributed by atoms with Gasteiger partial charge in [0.15, 0.2) is 4.67 Å². The van der Waals surface area contributed by atoms with Crippen LogP contribution in [0, 0.1) is 0 Å². The van der Waals surface area contributed by atoms with Gasteiger partial charge in [-0.2, -0.15) is 0 Å². The lowest BCUT2D eigenvalue weighted by atomic mass is 10.1. The lowest BCUT2D eigenvalue weighted by Crippen LogP contribution is -2.22. The summed E-state index contributed by atoms with van der Waals surface area (Å²) in [5.41, 5.74) is 1.29. The molecule has 1 aromatic carbocycles. The zero-order chi connectivity index (χ0) is 13.8. The highest BCUT2D eigenvalue weighted by Crippen LogP contribution is 2.24. The molecular formula is C15H18BrNOS. The zero-order valence-electron chi connectivity index (χ0n) is 11.3. The zero-order valence-corrected chi connectivity index (χ0v) is 13.7. The van der Waals surface area contributed by atoms with E-state index < -0.39 is 0 Å². The van der Waals surface area contributed by atoms with Crippen molar-refractivity contribution >= 4 is 27.7 Å². The number of benzene rings is 1. The molecule has 2 rings (SSSR count). The molecule has 0 aliphatic rings. The van der Waals surface area contributed by atoms with Crippen LogP contribution >= 0.6 is 27.7 Å². The third-order valence-electron chi connectivity index (χ3n) is 3.14. The van der Waals surface area contributed by atoms with Crippen LogP contribution in [-0.2, 0) is 0 Å². The van der Waals surface area contributed by atoms with Crippen molar-refractivity contribution in [2.24, 2.45) is 0 Å². The van der Waals surface area contributed by atoms with Gasteiger partial charge in [-0.3, -0.25) is 0 Å². The van der Waals surface area contributed by atoms with Gasteiger partial charge in [0.2, 0.25) is 0 Å². The van der Waals surface area contributed by atoms with Gasteiger partial charge in [-0.1, -0.05) is 12.1 Å². The first-order valence-electron chi connectivity index (χ1n) is 6.25. The summed E-state index contributed by atoms with van der Waals surface area (Å²) in [7, 11) is 0. The van der Waals surface area contributed by atoms with E-state index in [1.54, 1.807) is 11.8 Å². The molecule has 1 aromatic heterocycles. The Morgan fingerprint density at radius 1 is 1.05 bits per heavy atom. The molecule has 2 nitrogen and oxygen atoms in total. The van der Waals surface area contributed by atoms with E-state index in [2.05, 4.69) is 65.6 Å². The van der Waals surface area contributed by atoms with Crippen LogP contribution in [0.25, 0.3) is 0 Å². The molecule has 19 heavy (non-hydrogen) atoms. The molecular weight excluding hydrogens is 322 g/mol. The number of hydrogen-bond donors (Lipinski definition) is 1. The van der Waals surface area contributed by atoms with E-state index in [4.69, 9.17) is 4.42 Å². The van der Waals surface area contributed by atoms with Crippen LogP contribution in [0.2, 0.25) is 0 Å². The van der Waals surface area contributed by atoms with Gasteiger partial charge in [-0.05, 0) is 65.9 Å². The van der Waals surface area contributed by atoms with Gasteiger partial charge in [-0.15, -0.1) is 11.8 Å². The fraction of sp³-hybridized carbons (Fsp3) is 0.333. The highest BCUT2D eigenvalue weighted by atomic mass is 79.9. The van der Waals surface area contributed by atoms with Crippen LogP contribution in [0.1, 0.15) is 37.3 Å². The summed E-state index contributed by atoms with van der Waals surface area (Å²) in [4.78, 5) is 1.29. The van der Waals surface area contributed by atoms with Crippen LogP contribution in [-0.4, -0.2) is 6.26 Å². The first kappa shape index (κ1) is 14.7. The van der Waals surface area contributed by atoms with Crippen LogP contribution in [0.4, 0.5) is 0 Å². The monoisotopic (exact) mass is 339 g/mol. The van der Waals surface area contributed by atoms with Gasteiger partial charge in [0.25, 0.3) is 0 Å². The SMILES string of the molecule is CSc1ccc(C(C)NC(C)c2ccc(Br)o2)cc1. The lowest BCUT2D eigenvalue weighted by Gasteiger charge is -2.19. The molecule has 0 amide bonds. The average molecular weight is 340 g/mol. The molecule has 0 aliphatic carbocycles. The molecule has 0 bridgehead atoms. The fourth-order valence-corrected chi connectivity index (χ4v) is 2.73. The highest BCUT2D eigenvalue weighted by molar-refractivity contribution is 9.10. The maximum Gasteiger partial charge on any atom is 0.169 e. The molecule has 1 heterocycles. The predicted molar refractivity (Wildman–Crippen MR) is 84.6 cm³/mol. The molecule has 2 aromatic rings. The Labute approximate surface area is 127 Å². The lowest BCUT2D eigenvalue weighted by molar-refractivity contribution is 0.394. The Morgan fingerprint density at radius 3 is 2.26 bits per heavy atom. The molecule has 0 saturated carbocycles. The Morgan fingerprint density at radius 2 is 1.74 bits per heavy atom. The summed E-state index contributed by atoms with van der Waals surface area (Å²) in [6.07, 6.45) is 2.09. The molecule has 0 fully saturated rings. The van der Waals surface area contributed by atoms with Crippen molar-refractivity contribution in [3.05, 3.63) is 52.4 Å². The van der Waals surface area contributed by atoms with Crippen LogP contribution in [0.3, 0.4) is 0 Å². The van der Waals surface area contributed by atoms with Gasteiger partial charge in [0, 0.05) is 10.9 Å². The number of rotatable bonds is 5. The van der Waals surface area contributed by atoms with E-state index in [1.165, 1.54) is 10.5 Å². The predicted octanol–water partition coefficient (Wildman–Crippen LogP) is 5.18. The second-order valence-electron chi connectivity index (χ2n) is 4.53. The first-order chi connectivity index (χ1) is 9.10. The number of nitrogens with one attached hydrogen (secondary N) is 1. The van der Waals surface area contributed by atoms with Crippen LogP contribution in [0.15, 0.2) is 50.4 Å². The van der Waals surface area contributed by atoms with E-state index in [0.29, 0.717) is 0 Å². The van der Waals surface area contributed by atoms with E-state index in [-0.39, 0.29) is 12.1 Å². The number of furan rings is 1. The molecule has 4 heteroatoms. The minimum absolute atomic E-state index is 0.182. The fourth-order valence-electron chi connectivity index (χ4n) is 2.01. The van der Waals surface area contributed by atoms with Crippen molar-refractivity contribution in [1.29, 1.82) is 0 Å². The summed E-state index contributed by atoms with van der Waals surface area (Å²) in [5, 5.41) is 3.54. The van der Waals surface area contributed by atoms with Gasteiger partial charge in [0.1, 0.15) is 5.76 Å². The normalized spacial score (nSPS) is 14.3. The van der Waals surface area contributed by atoms with Crippen molar-refractivity contribution in [2.45, 2.75) is 30.8 Å². The first-order valence-corrected chi connectivity index (χ1v) is 8.27. The number of hydrogen-bond acceptors (Lipinski definition) is 3. The molecule has 2 unspecified atom stereocenters. The van der Waals surface area contributed by atoms with Crippen molar-refractivity contribution in [3.8, 4) is 0 Å². The Balaban J connectivity index is 2.01. The Bertz CT molecular complexity index is 523. The summed E-state index contributed by atoms with van der Waals surface area (Å²) in [6.45, 7) is 4.28. The number of halogens is 1. The highest BCUT2D eigenvalue weighted by Gasteiger charge is 2.13. The van der Waals surface area contributed by atoms with E-state index in [0.717, 1.165) is 10.4 Å². The van der Waals surface area contributed by atoms with Gasteiger partial charge in [0.05, 0.1) is 6.04 Å². The second-order valence-corrected chi connectivity index (χ2v) is 6.19. The van der Waals surface area contributed by atoms with E-state index in [9.17, 15) is 0 Å². The second kappa shape index (κ2) is 6.64. The van der Waals surface area contributed by atoms with Crippen molar-refractivity contribution < 1.29 is 4.42 Å². The van der Waals surface area contributed by atoms with Crippen LogP contribution < -0.4 is 5.32 Å². The largest absolute Gasteiger partial charge is 0.453 e. The van der Waals surface area contributed by atoms with Crippen LogP contribution in [0.5, 0.6) is 0 Å². The Hall–Kier alpha value is -0.710. The molecule has 0 aliphatic heterocycles. The third-order valence-corrected chi connectivity index (χ3v) is 4.31. The molecule has 2 atom stereocenters. The summed E-state index contributed by atoms with van der Waals surface area (Å²) >= 11 is 5.09. The average Bonchev–Trinajstić information content (AvgIpc) is 2.85. The smallest absolute Gasteiger partial charge is 0.169 e. The standard InChI is InChI=1S/C15H18BrNOS/c1-10(12-4-6-13(19-3)7-5-12)17-11(2)14-8-9-15(16)18-14/h4-11,17H,1-3H3. The topological polar surface area (TPSA) is 25.2 Å². The molecule has 1 N–H and O–H groups in total. The minimum atomic E-state index is 0.182. The quantitative estimate of drug-likeness (QED) is 0.760. The van der Waals surface area contributed by atoms with E-state index >= 15 is 0 Å². The molecule has 0 saturated heterocycles. The molecule has 0 spiro atoms. The maximum absolute atomic E-state index is 5.57. The van der Waals surface area contributed by atoms with Crippen molar-refractivity contribution in [3.63, 3.8) is 0 Å². The summed E-state index contributed by atoms with van der Waals surface area (Å²) in [5.74, 6) is 0.944. The molecule has 0 radical (unpaired) electrons. The maximum atomic E-state index is 5.57. The third kappa shape index (κ3) is 3.88. The molecule has 102 valence electrons. The number of thioether (sulfide) groups is 1. The van der Waals surface area contributed by atoms with Gasteiger partial charge in [-0.25, -0.2) is 0 Å². The van der Waals surface area contributed by atoms with Crippen molar-refractivity contribution in [1.82, 2.24) is 5.32 Å². The van der Waals surface area contributed by atoms with Gasteiger partial charge >= 0.3 is 0 Å². The Kier molecular flexibility index (Phi) is 5.13. The van der Waals surface area contributed by atoms with E-state index in [1.807, 2.05) is 12.1 Å². The summed E-state index contributed by atoms with van der Waals surface area (Å²) in [6, 6.07) is 13.1. The minimum Gasteiger partial charge on any atom is -0.453 e. The van der Waals surface area contributed by atoms with Gasteiger partial charge < -0.3 is 9.73 Å². The van der Waals surface area contributed by atoms with Crippen molar-refractivity contribution in [2.75, 3.05) is 6.26 Å². The summed E-state index contributed by atoms with van der Waals surface area (Å²) < 4.78 is 6.34.